The van der Waals surface area contributed by atoms with Crippen molar-refractivity contribution in [3.63, 3.8) is 0 Å². The van der Waals surface area contributed by atoms with E-state index < -0.39 is 7.80 Å². The minimum atomic E-state index is -2.46. The Balaban J connectivity index is 2.41. The predicted molar refractivity (Wildman–Crippen MR) is 156 cm³/mol. The monoisotopic (exact) mass is 515 g/mol. The summed E-state index contributed by atoms with van der Waals surface area (Å²) in [5, 5.41) is 0.547. The Labute approximate surface area is 223 Å². The van der Waals surface area contributed by atoms with Crippen LogP contribution in [0.1, 0.15) is 125 Å². The highest BCUT2D eigenvalue weighted by atomic mass is 31.1. The largest absolute Gasteiger partial charge is 0.459 e. The van der Waals surface area contributed by atoms with Crippen LogP contribution >= 0.6 is 7.80 Å². The molecule has 3 rings (SSSR count). The topological polar surface area (TPSA) is 51.2 Å². The average molecular weight is 516 g/mol. The quantitative estimate of drug-likeness (QED) is 0.222. The lowest BCUT2D eigenvalue weighted by Gasteiger charge is -2.23. The third-order valence-corrected chi connectivity index (χ3v) is 8.94. The fraction of sp³-hybridized carbons (Fsp3) is 0.394. The molecular weight excluding hydrogens is 475 g/mol. The van der Waals surface area contributed by atoms with Crippen LogP contribution in [0.15, 0.2) is 42.5 Å². The maximum Gasteiger partial charge on any atom is 0.459 e. The van der Waals surface area contributed by atoms with Gasteiger partial charge in [-0.15, -0.1) is 0 Å². The summed E-state index contributed by atoms with van der Waals surface area (Å²) in [4.78, 5) is 28.0. The molecule has 1 unspecified atom stereocenters. The second kappa shape index (κ2) is 11.2. The third kappa shape index (κ3) is 5.39. The van der Waals surface area contributed by atoms with Gasteiger partial charge in [0.1, 0.15) is 0 Å². The lowest BCUT2D eigenvalue weighted by atomic mass is 9.81. The van der Waals surface area contributed by atoms with Crippen LogP contribution in [0.3, 0.4) is 0 Å². The van der Waals surface area contributed by atoms with E-state index in [0.717, 1.165) is 38.9 Å². The van der Waals surface area contributed by atoms with Crippen LogP contribution in [0.25, 0.3) is 0 Å². The summed E-state index contributed by atoms with van der Waals surface area (Å²) in [7, 11) is -2.46. The van der Waals surface area contributed by atoms with Gasteiger partial charge in [-0.3, -0.25) is 4.79 Å². The van der Waals surface area contributed by atoms with E-state index in [9.17, 15) is 14.2 Å². The van der Waals surface area contributed by atoms with E-state index in [1.807, 2.05) is 84.0 Å². The molecule has 3 nitrogen and oxygen atoms in total. The zero-order valence-corrected chi connectivity index (χ0v) is 24.8. The Morgan fingerprint density at radius 2 is 1.24 bits per heavy atom. The van der Waals surface area contributed by atoms with Gasteiger partial charge in [-0.05, 0) is 79.3 Å². The first-order valence-corrected chi connectivity index (χ1v) is 14.4. The van der Waals surface area contributed by atoms with E-state index >= 15 is 0 Å². The summed E-state index contributed by atoms with van der Waals surface area (Å²) in [5.74, 6) is -0.0504. The Morgan fingerprint density at radius 3 is 1.76 bits per heavy atom. The van der Waals surface area contributed by atoms with Crippen LogP contribution in [-0.4, -0.2) is 11.3 Å². The van der Waals surface area contributed by atoms with Crippen molar-refractivity contribution in [2.24, 2.45) is 0 Å². The molecule has 3 aromatic carbocycles. The van der Waals surface area contributed by atoms with Crippen molar-refractivity contribution in [1.29, 1.82) is 0 Å². The fourth-order valence-corrected chi connectivity index (χ4v) is 7.12. The predicted octanol–water partition coefficient (Wildman–Crippen LogP) is 8.81. The minimum absolute atomic E-state index is 0.0413. The van der Waals surface area contributed by atoms with Crippen molar-refractivity contribution in [2.75, 3.05) is 0 Å². The summed E-state index contributed by atoms with van der Waals surface area (Å²) in [6.07, 6.45) is 0. The molecule has 0 N–H and O–H groups in total. The molecular formula is C33H40O3P+. The summed E-state index contributed by atoms with van der Waals surface area (Å²) in [5.41, 5.74) is 7.84. The van der Waals surface area contributed by atoms with Crippen LogP contribution in [-0.2, 0) is 4.57 Å². The lowest BCUT2D eigenvalue weighted by Crippen LogP contribution is -2.25. The number of carbonyl (C=O) groups excluding carboxylic acids is 2. The Bertz CT molecular complexity index is 1380. The van der Waals surface area contributed by atoms with Crippen molar-refractivity contribution in [1.82, 2.24) is 0 Å². The van der Waals surface area contributed by atoms with Crippen LogP contribution in [0, 0.1) is 27.7 Å². The highest BCUT2D eigenvalue weighted by Crippen LogP contribution is 2.41. The van der Waals surface area contributed by atoms with E-state index in [1.54, 1.807) is 0 Å². The van der Waals surface area contributed by atoms with E-state index in [2.05, 4.69) is 27.7 Å². The number of benzene rings is 3. The third-order valence-electron chi connectivity index (χ3n) is 7.44. The summed E-state index contributed by atoms with van der Waals surface area (Å²) >= 11 is 0. The number of rotatable bonds is 8. The molecule has 194 valence electrons. The van der Waals surface area contributed by atoms with Crippen LogP contribution < -0.4 is 5.30 Å². The second-order valence-corrected chi connectivity index (χ2v) is 12.5. The van der Waals surface area contributed by atoms with Crippen molar-refractivity contribution >= 4 is 24.4 Å². The fourth-order valence-electron chi connectivity index (χ4n) is 5.23. The number of hydrogen-bond acceptors (Lipinski definition) is 3. The molecule has 0 fully saturated rings. The van der Waals surface area contributed by atoms with E-state index in [4.69, 9.17) is 0 Å². The molecule has 0 saturated heterocycles. The van der Waals surface area contributed by atoms with Gasteiger partial charge in [-0.1, -0.05) is 82.5 Å². The molecule has 0 spiro atoms. The van der Waals surface area contributed by atoms with Gasteiger partial charge >= 0.3 is 13.3 Å². The van der Waals surface area contributed by atoms with Gasteiger partial charge in [0.05, 0.1) is 5.56 Å². The van der Waals surface area contributed by atoms with Gasteiger partial charge in [0.25, 0.3) is 0 Å². The Kier molecular flexibility index (Phi) is 8.70. The van der Waals surface area contributed by atoms with E-state index in [0.29, 0.717) is 22.0 Å². The molecule has 0 heterocycles. The number of aryl methyl sites for hydroxylation is 2. The van der Waals surface area contributed by atoms with Gasteiger partial charge in [-0.25, -0.2) is 4.79 Å². The highest BCUT2D eigenvalue weighted by Gasteiger charge is 2.43. The van der Waals surface area contributed by atoms with Crippen molar-refractivity contribution in [3.05, 3.63) is 98.1 Å². The molecule has 37 heavy (non-hydrogen) atoms. The summed E-state index contributed by atoms with van der Waals surface area (Å²) < 4.78 is 14.4. The number of ketones is 1. The molecule has 0 aliphatic carbocycles. The van der Waals surface area contributed by atoms with Crippen molar-refractivity contribution < 1.29 is 14.2 Å². The average Bonchev–Trinajstić information content (AvgIpc) is 2.85. The van der Waals surface area contributed by atoms with Crippen LogP contribution in [0.4, 0.5) is 0 Å². The van der Waals surface area contributed by atoms with Crippen molar-refractivity contribution in [3.8, 4) is 0 Å². The summed E-state index contributed by atoms with van der Waals surface area (Å²) in [6, 6.07) is 13.3. The zero-order chi connectivity index (χ0) is 27.8. The first-order chi connectivity index (χ1) is 17.3. The first-order valence-electron chi connectivity index (χ1n) is 13.2. The normalized spacial score (nSPS) is 12.0. The van der Waals surface area contributed by atoms with Gasteiger partial charge in [0.15, 0.2) is 5.78 Å². The van der Waals surface area contributed by atoms with E-state index in [-0.39, 0.29) is 29.1 Å². The molecule has 4 heteroatoms. The minimum Gasteiger partial charge on any atom is -0.289 e. The SMILES string of the molecule is Cc1cc(C)c(C(=O)[P+](=O)c2c(C(C)C)cc(C(C)C)c(C(=O)c3ccccc3)c2C(C)C)c(C)c1C. The maximum absolute atomic E-state index is 14.4. The molecule has 3 aromatic rings. The molecule has 0 radical (unpaired) electrons. The maximum atomic E-state index is 14.4. The standard InChI is InChI=1S/C33H40O3P/c1-18(2)26-17-27(19(3)4)32(28(20(5)6)30(26)31(34)25-14-12-11-13-15-25)37(36)33(35)29-22(8)16-21(7)23(9)24(29)10/h11-20H,1-10H3/q+1. The zero-order valence-electron chi connectivity index (χ0n) is 23.9. The van der Waals surface area contributed by atoms with Gasteiger partial charge in [0.2, 0.25) is 5.30 Å². The molecule has 0 aromatic heterocycles. The van der Waals surface area contributed by atoms with Gasteiger partial charge in [0, 0.05) is 22.3 Å². The van der Waals surface area contributed by atoms with Gasteiger partial charge < -0.3 is 0 Å². The second-order valence-electron chi connectivity index (χ2n) is 11.1. The lowest BCUT2D eigenvalue weighted by molar-refractivity contribution is 0.103. The molecule has 0 saturated carbocycles. The van der Waals surface area contributed by atoms with E-state index in [1.165, 1.54) is 0 Å². The van der Waals surface area contributed by atoms with Crippen LogP contribution in [0.2, 0.25) is 0 Å². The number of hydrogen-bond donors (Lipinski definition) is 0. The Hall–Kier alpha value is -2.90. The first kappa shape index (κ1) is 28.7. The number of carbonyl (C=O) groups is 2. The molecule has 0 aliphatic rings. The van der Waals surface area contributed by atoms with Crippen molar-refractivity contribution in [2.45, 2.75) is 87.0 Å². The summed E-state index contributed by atoms with van der Waals surface area (Å²) in [6.45, 7) is 20.2. The van der Waals surface area contributed by atoms with Crippen LogP contribution in [0.5, 0.6) is 0 Å². The molecule has 0 amide bonds. The van der Waals surface area contributed by atoms with Gasteiger partial charge in [-0.2, -0.15) is 0 Å². The molecule has 1 atom stereocenters. The smallest absolute Gasteiger partial charge is 0.289 e. The molecule has 0 aliphatic heterocycles. The Morgan fingerprint density at radius 1 is 0.676 bits per heavy atom. The molecule has 0 bridgehead atoms. The highest BCUT2D eigenvalue weighted by molar-refractivity contribution is 7.71.